The number of rotatable bonds is 7. The fraction of sp³-hybridized carbons (Fsp3) is 0.250. The summed E-state index contributed by atoms with van der Waals surface area (Å²) < 4.78 is 20.7. The summed E-state index contributed by atoms with van der Waals surface area (Å²) in [5, 5.41) is 12.0. The van der Waals surface area contributed by atoms with Gasteiger partial charge in [-0.1, -0.05) is 23.9 Å². The molecule has 150 valence electrons. The average molecular weight is 413 g/mol. The van der Waals surface area contributed by atoms with E-state index in [0.29, 0.717) is 35.7 Å². The molecule has 0 atom stereocenters. The molecule has 1 aliphatic heterocycles. The van der Waals surface area contributed by atoms with Crippen molar-refractivity contribution >= 4 is 35.0 Å². The van der Waals surface area contributed by atoms with E-state index < -0.39 is 0 Å². The Balaban J connectivity index is 1.40. The van der Waals surface area contributed by atoms with Crippen LogP contribution in [0.3, 0.4) is 0 Å². The predicted molar refractivity (Wildman–Crippen MR) is 110 cm³/mol. The zero-order chi connectivity index (χ0) is 20.2. The van der Waals surface area contributed by atoms with Crippen LogP contribution < -0.4 is 15.0 Å². The van der Waals surface area contributed by atoms with Crippen LogP contribution in [0.5, 0.6) is 5.75 Å². The van der Waals surface area contributed by atoms with E-state index in [4.69, 9.17) is 4.74 Å². The summed E-state index contributed by atoms with van der Waals surface area (Å²) in [6.45, 7) is 3.85. The second-order valence-electron chi connectivity index (χ2n) is 6.33. The van der Waals surface area contributed by atoms with Crippen LogP contribution in [0, 0.1) is 5.82 Å². The molecule has 0 spiro atoms. The monoisotopic (exact) mass is 413 g/mol. The molecular formula is C20H20FN5O2S. The van der Waals surface area contributed by atoms with E-state index in [1.807, 2.05) is 40.7 Å². The summed E-state index contributed by atoms with van der Waals surface area (Å²) in [7, 11) is 0. The van der Waals surface area contributed by atoms with Crippen molar-refractivity contribution in [2.24, 2.45) is 0 Å². The van der Waals surface area contributed by atoms with Gasteiger partial charge in [0.05, 0.1) is 18.0 Å². The second-order valence-corrected chi connectivity index (χ2v) is 7.27. The first-order valence-corrected chi connectivity index (χ1v) is 10.2. The fourth-order valence-corrected chi connectivity index (χ4v) is 3.88. The number of fused-ring (bicyclic) bond motifs is 1. The van der Waals surface area contributed by atoms with Crippen molar-refractivity contribution in [2.75, 3.05) is 29.1 Å². The van der Waals surface area contributed by atoms with Crippen molar-refractivity contribution in [1.29, 1.82) is 0 Å². The van der Waals surface area contributed by atoms with Gasteiger partial charge < -0.3 is 15.0 Å². The van der Waals surface area contributed by atoms with Crippen LogP contribution in [-0.4, -0.2) is 39.6 Å². The Morgan fingerprint density at radius 3 is 2.76 bits per heavy atom. The van der Waals surface area contributed by atoms with Crippen molar-refractivity contribution in [3.05, 3.63) is 54.3 Å². The molecule has 9 heteroatoms. The van der Waals surface area contributed by atoms with Gasteiger partial charge >= 0.3 is 0 Å². The maximum atomic E-state index is 13.2. The van der Waals surface area contributed by atoms with Gasteiger partial charge in [-0.15, -0.1) is 10.2 Å². The molecule has 3 aromatic rings. The van der Waals surface area contributed by atoms with Gasteiger partial charge in [0, 0.05) is 18.8 Å². The van der Waals surface area contributed by atoms with Crippen molar-refractivity contribution < 1.29 is 13.9 Å². The number of anilines is 3. The van der Waals surface area contributed by atoms with E-state index in [9.17, 15) is 9.18 Å². The Kier molecular flexibility index (Phi) is 5.66. The summed E-state index contributed by atoms with van der Waals surface area (Å²) in [4.78, 5) is 14.4. The Morgan fingerprint density at radius 1 is 1.17 bits per heavy atom. The Bertz CT molecular complexity index is 1010. The van der Waals surface area contributed by atoms with Crippen LogP contribution in [0.25, 0.3) is 0 Å². The lowest BCUT2D eigenvalue weighted by molar-refractivity contribution is -0.113. The number of nitrogens with one attached hydrogen (secondary N) is 1. The number of ether oxygens (including phenoxy) is 1. The average Bonchev–Trinajstić information content (AvgIpc) is 3.31. The molecule has 0 fully saturated rings. The summed E-state index contributed by atoms with van der Waals surface area (Å²) in [6, 6.07) is 13.6. The number of para-hydroxylation sites is 2. The number of aromatic nitrogens is 3. The SMILES string of the molecule is CCOc1ccccc1NC(=O)CSc1nnc2n1CCN2c1ccc(F)cc1. The fourth-order valence-electron chi connectivity index (χ4n) is 3.12. The zero-order valence-electron chi connectivity index (χ0n) is 15.8. The van der Waals surface area contributed by atoms with Crippen molar-refractivity contribution in [2.45, 2.75) is 18.6 Å². The van der Waals surface area contributed by atoms with Gasteiger partial charge in [-0.2, -0.15) is 0 Å². The minimum atomic E-state index is -0.275. The highest BCUT2D eigenvalue weighted by Gasteiger charge is 2.26. The van der Waals surface area contributed by atoms with Crippen molar-refractivity contribution in [1.82, 2.24) is 14.8 Å². The number of carbonyl (C=O) groups is 1. The van der Waals surface area contributed by atoms with Gasteiger partial charge in [-0.25, -0.2) is 4.39 Å². The molecule has 7 nitrogen and oxygen atoms in total. The van der Waals surface area contributed by atoms with Crippen molar-refractivity contribution in [3.63, 3.8) is 0 Å². The molecule has 0 saturated carbocycles. The lowest BCUT2D eigenvalue weighted by Gasteiger charge is -2.14. The van der Waals surface area contributed by atoms with Gasteiger partial charge in [-0.05, 0) is 43.3 Å². The molecule has 1 aromatic heterocycles. The number of amides is 1. The number of nitrogens with zero attached hydrogens (tertiary/aromatic N) is 4. The van der Waals surface area contributed by atoms with E-state index in [2.05, 4.69) is 15.5 Å². The standard InChI is InChI=1S/C20H20FN5O2S/c1-2-28-17-6-4-3-5-16(17)22-18(27)13-29-20-24-23-19-25(11-12-26(19)20)15-9-7-14(21)8-10-15/h3-10H,2,11-13H2,1H3,(H,22,27). The number of thioether (sulfide) groups is 1. The summed E-state index contributed by atoms with van der Waals surface area (Å²) in [5.74, 6) is 1.12. The molecule has 1 amide bonds. The second kappa shape index (κ2) is 8.52. The van der Waals surface area contributed by atoms with Gasteiger partial charge in [0.25, 0.3) is 0 Å². The number of halogens is 1. The molecule has 0 saturated heterocycles. The molecule has 1 N–H and O–H groups in total. The number of hydrogen-bond acceptors (Lipinski definition) is 6. The lowest BCUT2D eigenvalue weighted by Crippen LogP contribution is -2.15. The molecule has 2 aromatic carbocycles. The van der Waals surface area contributed by atoms with Gasteiger partial charge in [-0.3, -0.25) is 9.36 Å². The first kappa shape index (κ1) is 19.3. The molecule has 0 radical (unpaired) electrons. The summed E-state index contributed by atoms with van der Waals surface area (Å²) in [6.07, 6.45) is 0. The molecule has 0 unspecified atom stereocenters. The number of benzene rings is 2. The highest BCUT2D eigenvalue weighted by molar-refractivity contribution is 7.99. The van der Waals surface area contributed by atoms with Crippen LogP contribution in [0.1, 0.15) is 6.92 Å². The predicted octanol–water partition coefficient (Wildman–Crippen LogP) is 3.70. The molecule has 4 rings (SSSR count). The van der Waals surface area contributed by atoms with Crippen LogP contribution in [0.15, 0.2) is 53.7 Å². The molecule has 0 bridgehead atoms. The first-order valence-electron chi connectivity index (χ1n) is 9.26. The van der Waals surface area contributed by atoms with Crippen LogP contribution in [0.4, 0.5) is 21.7 Å². The highest BCUT2D eigenvalue weighted by atomic mass is 32.2. The van der Waals surface area contributed by atoms with E-state index in [0.717, 1.165) is 12.2 Å². The van der Waals surface area contributed by atoms with E-state index in [1.54, 1.807) is 12.1 Å². The minimum Gasteiger partial charge on any atom is -0.492 e. The van der Waals surface area contributed by atoms with Gasteiger partial charge in [0.2, 0.25) is 11.9 Å². The zero-order valence-corrected chi connectivity index (χ0v) is 16.7. The van der Waals surface area contributed by atoms with Gasteiger partial charge in [0.1, 0.15) is 11.6 Å². The minimum absolute atomic E-state index is 0.145. The lowest BCUT2D eigenvalue weighted by atomic mass is 10.3. The smallest absolute Gasteiger partial charge is 0.234 e. The summed E-state index contributed by atoms with van der Waals surface area (Å²) >= 11 is 1.33. The third-order valence-electron chi connectivity index (χ3n) is 4.42. The summed E-state index contributed by atoms with van der Waals surface area (Å²) in [5.41, 5.74) is 1.51. The highest BCUT2D eigenvalue weighted by Crippen LogP contribution is 2.32. The molecule has 29 heavy (non-hydrogen) atoms. The number of carbonyl (C=O) groups excluding carboxylic acids is 1. The Morgan fingerprint density at radius 2 is 1.97 bits per heavy atom. The Hall–Kier alpha value is -3.07. The number of hydrogen-bond donors (Lipinski definition) is 1. The third kappa shape index (κ3) is 4.19. The van der Waals surface area contributed by atoms with E-state index in [1.165, 1.54) is 23.9 Å². The largest absolute Gasteiger partial charge is 0.492 e. The Labute approximate surface area is 171 Å². The van der Waals surface area contributed by atoms with Crippen LogP contribution in [-0.2, 0) is 11.3 Å². The molecule has 1 aliphatic rings. The third-order valence-corrected chi connectivity index (χ3v) is 5.38. The van der Waals surface area contributed by atoms with Crippen LogP contribution >= 0.6 is 11.8 Å². The van der Waals surface area contributed by atoms with E-state index >= 15 is 0 Å². The molecule has 2 heterocycles. The molecule has 0 aliphatic carbocycles. The van der Waals surface area contributed by atoms with Gasteiger partial charge in [0.15, 0.2) is 5.16 Å². The maximum absolute atomic E-state index is 13.2. The topological polar surface area (TPSA) is 72.3 Å². The van der Waals surface area contributed by atoms with Crippen molar-refractivity contribution in [3.8, 4) is 5.75 Å². The van der Waals surface area contributed by atoms with E-state index in [-0.39, 0.29) is 17.5 Å². The first-order chi connectivity index (χ1) is 14.2. The quantitative estimate of drug-likeness (QED) is 0.596. The normalized spacial score (nSPS) is 12.7. The van der Waals surface area contributed by atoms with Crippen LogP contribution in [0.2, 0.25) is 0 Å². The maximum Gasteiger partial charge on any atom is 0.234 e. The molecular weight excluding hydrogens is 393 g/mol.